The van der Waals surface area contributed by atoms with Gasteiger partial charge in [-0.2, -0.15) is 0 Å². The average molecular weight is 271 g/mol. The summed E-state index contributed by atoms with van der Waals surface area (Å²) in [6.45, 7) is 5.78. The van der Waals surface area contributed by atoms with E-state index in [1.807, 2.05) is 0 Å². The molecule has 1 aromatic rings. The van der Waals surface area contributed by atoms with Gasteiger partial charge in [-0.25, -0.2) is 0 Å². The third-order valence-corrected chi connectivity index (χ3v) is 2.68. The van der Waals surface area contributed by atoms with Gasteiger partial charge >= 0.3 is 0 Å². The molecular formula is C13H19ClN2O2. The zero-order valence-electron chi connectivity index (χ0n) is 10.7. The topological polar surface area (TPSA) is 64.3 Å². The number of hydrogen-bond donors (Lipinski definition) is 2. The van der Waals surface area contributed by atoms with Gasteiger partial charge in [0.1, 0.15) is 0 Å². The Morgan fingerprint density at radius 2 is 2.22 bits per heavy atom. The van der Waals surface area contributed by atoms with Crippen LogP contribution < -0.4 is 11.1 Å². The molecule has 1 aromatic carbocycles. The summed E-state index contributed by atoms with van der Waals surface area (Å²) in [5, 5.41) is 3.03. The van der Waals surface area contributed by atoms with Crippen LogP contribution in [-0.2, 0) is 4.74 Å². The number of carbonyl (C=O) groups excluding carboxylic acids is 1. The third-order valence-electron chi connectivity index (χ3n) is 2.26. The molecule has 1 amide bonds. The first kappa shape index (κ1) is 14.8. The maximum absolute atomic E-state index is 11.8. The van der Waals surface area contributed by atoms with Crippen molar-refractivity contribution < 1.29 is 9.53 Å². The van der Waals surface area contributed by atoms with Crippen LogP contribution >= 0.6 is 11.6 Å². The first-order valence-electron chi connectivity index (χ1n) is 5.92. The molecule has 0 saturated heterocycles. The fraction of sp³-hybridized carbons (Fsp3) is 0.462. The summed E-state index contributed by atoms with van der Waals surface area (Å²) in [5.41, 5.74) is 6.42. The highest BCUT2D eigenvalue weighted by atomic mass is 35.5. The van der Waals surface area contributed by atoms with Gasteiger partial charge in [-0.05, 0) is 18.1 Å². The Bertz CT molecular complexity index is 408. The van der Waals surface area contributed by atoms with Gasteiger partial charge in [0.2, 0.25) is 0 Å². The van der Waals surface area contributed by atoms with Crippen molar-refractivity contribution in [1.29, 1.82) is 0 Å². The normalized spacial score (nSPS) is 10.7. The van der Waals surface area contributed by atoms with Gasteiger partial charge in [-0.15, -0.1) is 0 Å². The fourth-order valence-electron chi connectivity index (χ4n) is 1.38. The van der Waals surface area contributed by atoms with Gasteiger partial charge in [0.05, 0.1) is 22.9 Å². The lowest BCUT2D eigenvalue weighted by Crippen LogP contribution is -2.28. The molecule has 3 N–H and O–H groups in total. The van der Waals surface area contributed by atoms with E-state index in [1.54, 1.807) is 18.2 Å². The molecule has 0 aliphatic carbocycles. The van der Waals surface area contributed by atoms with Crippen LogP contribution in [0.25, 0.3) is 0 Å². The predicted molar refractivity (Wildman–Crippen MR) is 73.9 cm³/mol. The van der Waals surface area contributed by atoms with Crippen molar-refractivity contribution in [3.63, 3.8) is 0 Å². The summed E-state index contributed by atoms with van der Waals surface area (Å²) >= 11 is 5.95. The van der Waals surface area contributed by atoms with Crippen molar-refractivity contribution in [2.45, 2.75) is 13.8 Å². The minimum atomic E-state index is -0.236. The zero-order valence-corrected chi connectivity index (χ0v) is 11.5. The summed E-state index contributed by atoms with van der Waals surface area (Å²) in [6.07, 6.45) is 0. The molecule has 0 heterocycles. The lowest BCUT2D eigenvalue weighted by molar-refractivity contribution is 0.0886. The number of nitrogens with one attached hydrogen (secondary N) is 1. The van der Waals surface area contributed by atoms with Crippen LogP contribution in [0.1, 0.15) is 24.2 Å². The molecule has 0 aliphatic rings. The van der Waals surface area contributed by atoms with E-state index in [1.165, 1.54) is 0 Å². The van der Waals surface area contributed by atoms with Crippen LogP contribution in [-0.4, -0.2) is 25.7 Å². The average Bonchev–Trinajstić information content (AvgIpc) is 2.31. The van der Waals surface area contributed by atoms with Crippen LogP contribution in [0, 0.1) is 5.92 Å². The van der Waals surface area contributed by atoms with Gasteiger partial charge in [0, 0.05) is 13.2 Å². The minimum absolute atomic E-state index is 0.236. The highest BCUT2D eigenvalue weighted by Crippen LogP contribution is 2.22. The van der Waals surface area contributed by atoms with Crippen LogP contribution in [0.4, 0.5) is 5.69 Å². The molecule has 0 bridgehead atoms. The van der Waals surface area contributed by atoms with Gasteiger partial charge in [-0.3, -0.25) is 4.79 Å². The van der Waals surface area contributed by atoms with Crippen molar-refractivity contribution in [3.8, 4) is 0 Å². The number of rotatable bonds is 6. The number of benzene rings is 1. The van der Waals surface area contributed by atoms with Crippen LogP contribution in [0.15, 0.2) is 18.2 Å². The summed E-state index contributed by atoms with van der Waals surface area (Å²) in [5.74, 6) is 0.254. The number of hydrogen-bond acceptors (Lipinski definition) is 3. The maximum Gasteiger partial charge on any atom is 0.252 e. The molecule has 0 atom stereocenters. The Hall–Kier alpha value is -1.26. The van der Waals surface area contributed by atoms with Crippen molar-refractivity contribution >= 4 is 23.2 Å². The largest absolute Gasteiger partial charge is 0.398 e. The second kappa shape index (κ2) is 7.24. The first-order valence-corrected chi connectivity index (χ1v) is 6.30. The molecule has 0 radical (unpaired) electrons. The van der Waals surface area contributed by atoms with Crippen LogP contribution in [0.5, 0.6) is 0 Å². The van der Waals surface area contributed by atoms with E-state index in [9.17, 15) is 4.79 Å². The second-order valence-corrected chi connectivity index (χ2v) is 4.81. The highest BCUT2D eigenvalue weighted by Gasteiger charge is 2.11. The Morgan fingerprint density at radius 3 is 2.89 bits per heavy atom. The van der Waals surface area contributed by atoms with Crippen LogP contribution in [0.3, 0.4) is 0 Å². The van der Waals surface area contributed by atoms with E-state index < -0.39 is 0 Å². The number of halogens is 1. The first-order chi connectivity index (χ1) is 8.52. The van der Waals surface area contributed by atoms with Crippen molar-refractivity contribution in [3.05, 3.63) is 28.8 Å². The Labute approximate surface area is 112 Å². The number of nitrogen functional groups attached to an aromatic ring is 1. The smallest absolute Gasteiger partial charge is 0.252 e. The summed E-state index contributed by atoms with van der Waals surface area (Å²) in [4.78, 5) is 11.8. The Kier molecular flexibility index (Phi) is 5.95. The van der Waals surface area contributed by atoms with Crippen LogP contribution in [0.2, 0.25) is 5.02 Å². The van der Waals surface area contributed by atoms with E-state index in [2.05, 4.69) is 19.2 Å². The molecular weight excluding hydrogens is 252 g/mol. The molecule has 0 fully saturated rings. The minimum Gasteiger partial charge on any atom is -0.398 e. The molecule has 100 valence electrons. The van der Waals surface area contributed by atoms with Gasteiger partial charge in [0.25, 0.3) is 5.91 Å². The lowest BCUT2D eigenvalue weighted by atomic mass is 10.2. The monoisotopic (exact) mass is 270 g/mol. The van der Waals surface area contributed by atoms with Gasteiger partial charge in [-0.1, -0.05) is 31.5 Å². The summed E-state index contributed by atoms with van der Waals surface area (Å²) < 4.78 is 5.36. The van der Waals surface area contributed by atoms with Gasteiger partial charge < -0.3 is 15.8 Å². The fourth-order valence-corrected chi connectivity index (χ4v) is 1.59. The molecule has 0 aliphatic heterocycles. The molecule has 18 heavy (non-hydrogen) atoms. The standard InChI is InChI=1S/C13H19ClN2O2/c1-9(2)8-18-7-6-16-13(17)10-4-3-5-11(15)12(10)14/h3-5,9H,6-8,15H2,1-2H3,(H,16,17). The number of nitrogens with two attached hydrogens (primary N) is 1. The third kappa shape index (κ3) is 4.55. The SMILES string of the molecule is CC(C)COCCNC(=O)c1cccc(N)c1Cl. The summed E-state index contributed by atoms with van der Waals surface area (Å²) in [6, 6.07) is 5.00. The molecule has 4 nitrogen and oxygen atoms in total. The molecule has 1 rings (SSSR count). The van der Waals surface area contributed by atoms with E-state index in [4.69, 9.17) is 22.1 Å². The quantitative estimate of drug-likeness (QED) is 0.616. The number of amides is 1. The lowest BCUT2D eigenvalue weighted by Gasteiger charge is -2.09. The van der Waals surface area contributed by atoms with E-state index >= 15 is 0 Å². The maximum atomic E-state index is 11.8. The van der Waals surface area contributed by atoms with E-state index in [0.29, 0.717) is 36.9 Å². The predicted octanol–water partition coefficient (Wildman–Crippen LogP) is 2.32. The van der Waals surface area contributed by atoms with Gasteiger partial charge in [0.15, 0.2) is 0 Å². The number of carbonyl (C=O) groups is 1. The molecule has 0 spiro atoms. The van der Waals surface area contributed by atoms with Crippen molar-refractivity contribution in [2.75, 3.05) is 25.5 Å². The molecule has 0 saturated carbocycles. The zero-order chi connectivity index (χ0) is 13.5. The Balaban J connectivity index is 2.39. The second-order valence-electron chi connectivity index (χ2n) is 4.43. The molecule has 0 unspecified atom stereocenters. The number of ether oxygens (including phenoxy) is 1. The van der Waals surface area contributed by atoms with Crippen molar-refractivity contribution in [1.82, 2.24) is 5.32 Å². The molecule has 0 aromatic heterocycles. The number of anilines is 1. The van der Waals surface area contributed by atoms with E-state index in [0.717, 1.165) is 0 Å². The van der Waals surface area contributed by atoms with E-state index in [-0.39, 0.29) is 10.9 Å². The van der Waals surface area contributed by atoms with Crippen molar-refractivity contribution in [2.24, 2.45) is 5.92 Å². The highest BCUT2D eigenvalue weighted by molar-refractivity contribution is 6.36. The molecule has 5 heteroatoms. The Morgan fingerprint density at radius 1 is 1.50 bits per heavy atom. The summed E-state index contributed by atoms with van der Waals surface area (Å²) in [7, 11) is 0.